The van der Waals surface area contributed by atoms with Gasteiger partial charge in [0.05, 0.1) is 9.77 Å². The molecule has 3 rings (SSSR count). The number of hydrogen-bond acceptors (Lipinski definition) is 5. The lowest BCUT2D eigenvalue weighted by molar-refractivity contribution is 0.438. The summed E-state index contributed by atoms with van der Waals surface area (Å²) in [7, 11) is -3.77. The van der Waals surface area contributed by atoms with Crippen LogP contribution in [0.5, 0.6) is 0 Å². The molecule has 5 nitrogen and oxygen atoms in total. The molecule has 1 aromatic carbocycles. The van der Waals surface area contributed by atoms with Crippen molar-refractivity contribution in [2.24, 2.45) is 0 Å². The van der Waals surface area contributed by atoms with Crippen molar-refractivity contribution in [3.63, 3.8) is 0 Å². The number of sulfonamides is 1. The topological polar surface area (TPSA) is 72.2 Å². The molecule has 22 heavy (non-hydrogen) atoms. The molecule has 2 aromatic heterocycles. The Morgan fingerprint density at radius 1 is 1.27 bits per heavy atom. The van der Waals surface area contributed by atoms with Gasteiger partial charge in [0.1, 0.15) is 5.69 Å². The summed E-state index contributed by atoms with van der Waals surface area (Å²) in [6.07, 6.45) is 0. The maximum atomic E-state index is 12.3. The van der Waals surface area contributed by atoms with Crippen molar-refractivity contribution in [3.8, 4) is 10.6 Å². The lowest BCUT2D eigenvalue weighted by Crippen LogP contribution is -2.12. The Hall–Kier alpha value is -1.83. The summed E-state index contributed by atoms with van der Waals surface area (Å²) in [5.74, 6) is 0.0556. The highest BCUT2D eigenvalue weighted by molar-refractivity contribution is 7.92. The largest absolute Gasteiger partial charge is 0.337 e. The molecule has 0 saturated carbocycles. The number of halogens is 1. The number of anilines is 1. The molecule has 0 bridgehead atoms. The Balaban J connectivity index is 1.87. The van der Waals surface area contributed by atoms with Gasteiger partial charge in [0.2, 0.25) is 5.88 Å². The summed E-state index contributed by atoms with van der Waals surface area (Å²) in [5, 5.41) is 6.14. The lowest BCUT2D eigenvalue weighted by atomic mass is 10.2. The van der Waals surface area contributed by atoms with E-state index in [0.717, 1.165) is 10.4 Å². The Kier molecular flexibility index (Phi) is 3.94. The third kappa shape index (κ3) is 3.01. The van der Waals surface area contributed by atoms with Gasteiger partial charge in [-0.1, -0.05) is 28.9 Å². The first kappa shape index (κ1) is 15.1. The van der Waals surface area contributed by atoms with E-state index in [2.05, 4.69) is 9.88 Å². The molecule has 0 spiro atoms. The zero-order chi connectivity index (χ0) is 15.7. The van der Waals surface area contributed by atoms with Crippen molar-refractivity contribution in [2.75, 3.05) is 4.72 Å². The molecule has 0 amide bonds. The minimum atomic E-state index is -3.77. The quantitative estimate of drug-likeness (QED) is 0.763. The van der Waals surface area contributed by atoms with Crippen LogP contribution < -0.4 is 4.72 Å². The molecule has 2 heterocycles. The Labute approximate surface area is 136 Å². The van der Waals surface area contributed by atoms with Crippen LogP contribution in [0.25, 0.3) is 10.6 Å². The number of thiophene rings is 1. The van der Waals surface area contributed by atoms with Crippen molar-refractivity contribution >= 4 is 38.8 Å². The maximum Gasteiger partial charge on any atom is 0.264 e. The van der Waals surface area contributed by atoms with Crippen LogP contribution in [0, 0.1) is 6.92 Å². The minimum absolute atomic E-state index is 0.0556. The summed E-state index contributed by atoms with van der Waals surface area (Å²) in [5.41, 5.74) is 1.38. The van der Waals surface area contributed by atoms with E-state index < -0.39 is 10.0 Å². The number of nitrogens with one attached hydrogen (secondary N) is 1. The van der Waals surface area contributed by atoms with Gasteiger partial charge in [-0.05, 0) is 36.1 Å². The fourth-order valence-electron chi connectivity index (χ4n) is 1.80. The average molecular weight is 355 g/mol. The lowest BCUT2D eigenvalue weighted by Gasteiger charge is -2.06. The van der Waals surface area contributed by atoms with Crippen LogP contribution in [0.2, 0.25) is 5.02 Å². The van der Waals surface area contributed by atoms with Gasteiger partial charge >= 0.3 is 0 Å². The zero-order valence-corrected chi connectivity index (χ0v) is 13.8. The zero-order valence-electron chi connectivity index (χ0n) is 11.4. The first-order valence-corrected chi connectivity index (χ1v) is 8.99. The van der Waals surface area contributed by atoms with Crippen LogP contribution in [0.15, 0.2) is 51.2 Å². The van der Waals surface area contributed by atoms with Crippen LogP contribution in [0.4, 0.5) is 5.88 Å². The van der Waals surface area contributed by atoms with Crippen molar-refractivity contribution in [2.45, 2.75) is 11.8 Å². The summed E-state index contributed by atoms with van der Waals surface area (Å²) in [6, 6.07) is 9.83. The molecule has 0 radical (unpaired) electrons. The Morgan fingerprint density at radius 3 is 2.77 bits per heavy atom. The molecule has 8 heteroatoms. The first-order valence-electron chi connectivity index (χ1n) is 6.25. The van der Waals surface area contributed by atoms with Crippen LogP contribution in [-0.4, -0.2) is 13.6 Å². The van der Waals surface area contributed by atoms with Gasteiger partial charge in [0, 0.05) is 11.1 Å². The number of hydrogen-bond donors (Lipinski definition) is 1. The molecule has 0 aliphatic heterocycles. The van der Waals surface area contributed by atoms with E-state index in [-0.39, 0.29) is 10.8 Å². The monoisotopic (exact) mass is 354 g/mol. The van der Waals surface area contributed by atoms with Gasteiger partial charge in [-0.3, -0.25) is 0 Å². The number of aromatic nitrogens is 1. The fourth-order valence-corrected chi connectivity index (χ4v) is 3.72. The second-order valence-electron chi connectivity index (χ2n) is 4.57. The minimum Gasteiger partial charge on any atom is -0.337 e. The Morgan fingerprint density at radius 2 is 2.09 bits per heavy atom. The number of aryl methyl sites for hydroxylation is 1. The van der Waals surface area contributed by atoms with Gasteiger partial charge in [-0.25, -0.2) is 13.1 Å². The second kappa shape index (κ2) is 5.75. The number of nitrogens with zero attached hydrogens (tertiary/aromatic N) is 1. The van der Waals surface area contributed by atoms with E-state index in [1.54, 1.807) is 19.1 Å². The molecule has 0 atom stereocenters. The standard InChI is InChI=1S/C14H11ClN2O3S2/c1-9-4-5-10(7-11(9)15)22(18,19)17-14-8-12(16-20-14)13-3-2-6-21-13/h2-8,17H,1H3. The molecule has 3 aromatic rings. The second-order valence-corrected chi connectivity index (χ2v) is 7.61. The number of rotatable bonds is 4. The normalized spacial score (nSPS) is 11.5. The number of benzene rings is 1. The van der Waals surface area contributed by atoms with Crippen molar-refractivity contribution in [3.05, 3.63) is 52.4 Å². The van der Waals surface area contributed by atoms with Crippen molar-refractivity contribution in [1.82, 2.24) is 5.16 Å². The van der Waals surface area contributed by atoms with E-state index in [1.807, 2.05) is 17.5 Å². The summed E-state index contributed by atoms with van der Waals surface area (Å²) >= 11 is 7.46. The van der Waals surface area contributed by atoms with Crippen LogP contribution in [-0.2, 0) is 10.0 Å². The SMILES string of the molecule is Cc1ccc(S(=O)(=O)Nc2cc(-c3cccs3)no2)cc1Cl. The van der Waals surface area contributed by atoms with Crippen molar-refractivity contribution in [1.29, 1.82) is 0 Å². The summed E-state index contributed by atoms with van der Waals surface area (Å²) < 4.78 is 32.0. The van der Waals surface area contributed by atoms with E-state index >= 15 is 0 Å². The maximum absolute atomic E-state index is 12.3. The molecule has 0 fully saturated rings. The Bertz CT molecular complexity index is 902. The van der Waals surface area contributed by atoms with Gasteiger partial charge in [-0.2, -0.15) is 0 Å². The summed E-state index contributed by atoms with van der Waals surface area (Å²) in [6.45, 7) is 1.80. The molecule has 0 unspecified atom stereocenters. The molecule has 1 N–H and O–H groups in total. The van der Waals surface area contributed by atoms with Gasteiger partial charge in [0.15, 0.2) is 0 Å². The van der Waals surface area contributed by atoms with Gasteiger partial charge < -0.3 is 4.52 Å². The van der Waals surface area contributed by atoms with Gasteiger partial charge in [0.25, 0.3) is 10.0 Å². The van der Waals surface area contributed by atoms with Crippen LogP contribution in [0.3, 0.4) is 0 Å². The summed E-state index contributed by atoms with van der Waals surface area (Å²) in [4.78, 5) is 0.963. The molecular formula is C14H11ClN2O3S2. The van der Waals surface area contributed by atoms with Crippen molar-refractivity contribution < 1.29 is 12.9 Å². The van der Waals surface area contributed by atoms with E-state index in [1.165, 1.54) is 23.5 Å². The van der Waals surface area contributed by atoms with E-state index in [4.69, 9.17) is 16.1 Å². The van der Waals surface area contributed by atoms with Crippen LogP contribution >= 0.6 is 22.9 Å². The highest BCUT2D eigenvalue weighted by Gasteiger charge is 2.18. The predicted octanol–water partition coefficient (Wildman–Crippen LogP) is 4.17. The third-order valence-electron chi connectivity index (χ3n) is 2.97. The molecule has 0 aliphatic rings. The third-order valence-corrected chi connectivity index (χ3v) is 5.62. The van der Waals surface area contributed by atoms with E-state index in [0.29, 0.717) is 10.7 Å². The average Bonchev–Trinajstić information content (AvgIpc) is 3.11. The molecular weight excluding hydrogens is 344 g/mol. The first-order chi connectivity index (χ1) is 10.5. The van der Waals surface area contributed by atoms with E-state index in [9.17, 15) is 8.42 Å². The predicted molar refractivity (Wildman–Crippen MR) is 86.8 cm³/mol. The van der Waals surface area contributed by atoms with Crippen LogP contribution in [0.1, 0.15) is 5.56 Å². The highest BCUT2D eigenvalue weighted by atomic mass is 35.5. The highest BCUT2D eigenvalue weighted by Crippen LogP contribution is 2.27. The molecule has 0 aliphatic carbocycles. The van der Waals surface area contributed by atoms with Gasteiger partial charge in [-0.15, -0.1) is 11.3 Å². The smallest absolute Gasteiger partial charge is 0.264 e. The molecule has 0 saturated heterocycles. The molecule has 114 valence electrons. The fraction of sp³-hybridized carbons (Fsp3) is 0.0714.